The second-order valence-electron chi connectivity index (χ2n) is 6.21. The predicted molar refractivity (Wildman–Crippen MR) is 113 cm³/mol. The smallest absolute Gasteiger partial charge is 0.263 e. The molecular formula is C20H17ClN4O4S. The number of carbonyl (C=O) groups excluding carboxylic acids is 2. The Hall–Kier alpha value is -3.30. The first kappa shape index (κ1) is 21.4. The van der Waals surface area contributed by atoms with Gasteiger partial charge in [-0.2, -0.15) is 0 Å². The van der Waals surface area contributed by atoms with Gasteiger partial charge in [0, 0.05) is 24.1 Å². The molecule has 154 valence electrons. The Balaban J connectivity index is 1.56. The Labute approximate surface area is 178 Å². The third kappa shape index (κ3) is 5.85. The molecule has 0 aliphatic rings. The standard InChI is InChI=1S/C20H17ClN4O4S/c21-18-11-12-19(24-23-18)25-30(28,29)16-8-6-15(7-9-16)22-20(27)13-10-17(26)14-4-2-1-3-5-14/h1-9,11-12H,10,13H2,(H,22,27)(H,24,25). The van der Waals surface area contributed by atoms with Crippen LogP contribution in [-0.4, -0.2) is 30.3 Å². The van der Waals surface area contributed by atoms with Crippen LogP contribution in [0.1, 0.15) is 23.2 Å². The maximum atomic E-state index is 12.4. The van der Waals surface area contributed by atoms with E-state index in [1.807, 2.05) is 6.07 Å². The number of hydrogen-bond acceptors (Lipinski definition) is 6. The van der Waals surface area contributed by atoms with E-state index in [1.54, 1.807) is 24.3 Å². The zero-order valence-electron chi connectivity index (χ0n) is 15.6. The number of carbonyl (C=O) groups is 2. The van der Waals surface area contributed by atoms with E-state index in [-0.39, 0.29) is 40.4 Å². The molecule has 10 heteroatoms. The topological polar surface area (TPSA) is 118 Å². The van der Waals surface area contributed by atoms with Gasteiger partial charge in [-0.05, 0) is 36.4 Å². The van der Waals surface area contributed by atoms with Gasteiger partial charge >= 0.3 is 0 Å². The molecule has 0 radical (unpaired) electrons. The van der Waals surface area contributed by atoms with E-state index in [0.717, 1.165) is 0 Å². The number of nitrogens with zero attached hydrogens (tertiary/aromatic N) is 2. The van der Waals surface area contributed by atoms with Crippen molar-refractivity contribution in [1.82, 2.24) is 10.2 Å². The summed E-state index contributed by atoms with van der Waals surface area (Å²) in [6.07, 6.45) is 0.0962. The monoisotopic (exact) mass is 444 g/mol. The van der Waals surface area contributed by atoms with Crippen LogP contribution >= 0.6 is 11.6 Å². The number of anilines is 2. The minimum Gasteiger partial charge on any atom is -0.326 e. The van der Waals surface area contributed by atoms with Crippen molar-refractivity contribution >= 4 is 44.8 Å². The highest BCUT2D eigenvalue weighted by atomic mass is 35.5. The average molecular weight is 445 g/mol. The van der Waals surface area contributed by atoms with Gasteiger partial charge in [0.05, 0.1) is 4.90 Å². The third-order valence-electron chi connectivity index (χ3n) is 3.99. The molecule has 1 amide bonds. The molecular weight excluding hydrogens is 428 g/mol. The zero-order valence-corrected chi connectivity index (χ0v) is 17.2. The number of hydrogen-bond donors (Lipinski definition) is 2. The van der Waals surface area contributed by atoms with Crippen molar-refractivity contribution in [3.63, 3.8) is 0 Å². The van der Waals surface area contributed by atoms with Crippen molar-refractivity contribution in [2.75, 3.05) is 10.0 Å². The zero-order chi connectivity index (χ0) is 21.6. The average Bonchev–Trinajstić information content (AvgIpc) is 2.74. The fourth-order valence-corrected chi connectivity index (χ4v) is 3.60. The molecule has 2 aromatic carbocycles. The van der Waals surface area contributed by atoms with Crippen molar-refractivity contribution in [1.29, 1.82) is 0 Å². The first-order valence-electron chi connectivity index (χ1n) is 8.84. The fourth-order valence-electron chi connectivity index (χ4n) is 2.50. The largest absolute Gasteiger partial charge is 0.326 e. The lowest BCUT2D eigenvalue weighted by Crippen LogP contribution is -2.15. The van der Waals surface area contributed by atoms with E-state index in [1.165, 1.54) is 36.4 Å². The number of ketones is 1. The normalized spacial score (nSPS) is 11.0. The minimum absolute atomic E-state index is 0.0171. The molecule has 3 aromatic rings. The summed E-state index contributed by atoms with van der Waals surface area (Å²) in [6.45, 7) is 0. The van der Waals surface area contributed by atoms with Crippen LogP contribution in [0.3, 0.4) is 0 Å². The van der Waals surface area contributed by atoms with Crippen LogP contribution in [-0.2, 0) is 14.8 Å². The van der Waals surface area contributed by atoms with Crippen LogP contribution in [0.4, 0.5) is 11.5 Å². The molecule has 0 fully saturated rings. The van der Waals surface area contributed by atoms with E-state index in [0.29, 0.717) is 11.3 Å². The summed E-state index contributed by atoms with van der Waals surface area (Å²) in [5, 5.41) is 10.00. The van der Waals surface area contributed by atoms with Gasteiger partial charge in [-0.3, -0.25) is 14.3 Å². The number of Topliss-reactive ketones (excluding diaryl/α,β-unsaturated/α-hetero) is 1. The Morgan fingerprint density at radius 3 is 2.20 bits per heavy atom. The lowest BCUT2D eigenvalue weighted by atomic mass is 10.1. The van der Waals surface area contributed by atoms with Crippen molar-refractivity contribution in [2.45, 2.75) is 17.7 Å². The summed E-state index contributed by atoms with van der Waals surface area (Å²) in [5.74, 6) is -0.437. The molecule has 2 N–H and O–H groups in total. The summed E-state index contributed by atoms with van der Waals surface area (Å²) in [4.78, 5) is 24.1. The molecule has 8 nitrogen and oxygen atoms in total. The fraction of sp³-hybridized carbons (Fsp3) is 0.100. The van der Waals surface area contributed by atoms with E-state index in [4.69, 9.17) is 11.6 Å². The van der Waals surface area contributed by atoms with Gasteiger partial charge in [0.2, 0.25) is 5.91 Å². The Morgan fingerprint density at radius 1 is 0.867 bits per heavy atom. The summed E-state index contributed by atoms with van der Waals surface area (Å²) >= 11 is 5.63. The highest BCUT2D eigenvalue weighted by Crippen LogP contribution is 2.18. The van der Waals surface area contributed by atoms with Gasteiger partial charge in [-0.15, -0.1) is 10.2 Å². The van der Waals surface area contributed by atoms with Crippen LogP contribution in [0.25, 0.3) is 0 Å². The SMILES string of the molecule is O=C(CCC(=O)c1ccccc1)Nc1ccc(S(=O)(=O)Nc2ccc(Cl)nn2)cc1. The summed E-state index contributed by atoms with van der Waals surface area (Å²) in [7, 11) is -3.88. The predicted octanol–water partition coefficient (Wildman–Crippen LogP) is 3.53. The molecule has 0 bridgehead atoms. The van der Waals surface area contributed by atoms with E-state index >= 15 is 0 Å². The van der Waals surface area contributed by atoms with E-state index in [2.05, 4.69) is 20.2 Å². The molecule has 30 heavy (non-hydrogen) atoms. The first-order valence-corrected chi connectivity index (χ1v) is 10.7. The molecule has 0 aliphatic carbocycles. The highest BCUT2D eigenvalue weighted by molar-refractivity contribution is 7.92. The molecule has 0 unspecified atom stereocenters. The quantitative estimate of drug-likeness (QED) is 0.513. The molecule has 1 heterocycles. The van der Waals surface area contributed by atoms with Crippen molar-refractivity contribution in [3.05, 3.63) is 77.4 Å². The second kappa shape index (κ2) is 9.47. The lowest BCUT2D eigenvalue weighted by molar-refractivity contribution is -0.116. The van der Waals surface area contributed by atoms with Gasteiger partial charge in [-0.1, -0.05) is 41.9 Å². The maximum Gasteiger partial charge on any atom is 0.263 e. The van der Waals surface area contributed by atoms with Gasteiger partial charge in [0.15, 0.2) is 16.8 Å². The number of sulfonamides is 1. The molecule has 1 aromatic heterocycles. The minimum atomic E-state index is -3.88. The van der Waals surface area contributed by atoms with Gasteiger partial charge in [-0.25, -0.2) is 8.42 Å². The molecule has 0 saturated carbocycles. The lowest BCUT2D eigenvalue weighted by Gasteiger charge is -2.09. The van der Waals surface area contributed by atoms with Crippen LogP contribution < -0.4 is 10.0 Å². The van der Waals surface area contributed by atoms with Crippen LogP contribution in [0.15, 0.2) is 71.6 Å². The molecule has 0 atom stereocenters. The Morgan fingerprint density at radius 2 is 1.57 bits per heavy atom. The van der Waals surface area contributed by atoms with Gasteiger partial charge in [0.1, 0.15) is 0 Å². The van der Waals surface area contributed by atoms with E-state index < -0.39 is 10.0 Å². The number of nitrogens with one attached hydrogen (secondary N) is 2. The molecule has 3 rings (SSSR count). The number of aromatic nitrogens is 2. The van der Waals surface area contributed by atoms with Crippen LogP contribution in [0.2, 0.25) is 5.15 Å². The van der Waals surface area contributed by atoms with Crippen LogP contribution in [0.5, 0.6) is 0 Å². The van der Waals surface area contributed by atoms with Gasteiger partial charge < -0.3 is 5.32 Å². The summed E-state index contributed by atoms with van der Waals surface area (Å²) in [6, 6.07) is 17.1. The Bertz CT molecular complexity index is 1140. The summed E-state index contributed by atoms with van der Waals surface area (Å²) in [5.41, 5.74) is 0.968. The Kier molecular flexibility index (Phi) is 6.76. The van der Waals surface area contributed by atoms with Gasteiger partial charge in [0.25, 0.3) is 10.0 Å². The third-order valence-corrected chi connectivity index (χ3v) is 5.57. The first-order chi connectivity index (χ1) is 14.3. The number of benzene rings is 2. The maximum absolute atomic E-state index is 12.4. The highest BCUT2D eigenvalue weighted by Gasteiger charge is 2.15. The molecule has 0 spiro atoms. The van der Waals surface area contributed by atoms with Crippen molar-refractivity contribution in [3.8, 4) is 0 Å². The van der Waals surface area contributed by atoms with Crippen molar-refractivity contribution in [2.24, 2.45) is 0 Å². The molecule has 0 saturated heterocycles. The van der Waals surface area contributed by atoms with Crippen LogP contribution in [0, 0.1) is 0 Å². The van der Waals surface area contributed by atoms with Crippen molar-refractivity contribution < 1.29 is 18.0 Å². The second-order valence-corrected chi connectivity index (χ2v) is 8.28. The van der Waals surface area contributed by atoms with E-state index in [9.17, 15) is 18.0 Å². The summed E-state index contributed by atoms with van der Waals surface area (Å²) < 4.78 is 27.1. The molecule has 0 aliphatic heterocycles. The number of rotatable bonds is 8. The number of amides is 1. The number of halogens is 1.